The van der Waals surface area contributed by atoms with Crippen molar-refractivity contribution in [2.45, 2.75) is 54.4 Å². The molecule has 4 aromatic rings. The van der Waals surface area contributed by atoms with Gasteiger partial charge in [0.1, 0.15) is 0 Å². The van der Waals surface area contributed by atoms with E-state index >= 15 is 0 Å². The first-order chi connectivity index (χ1) is 19.2. The number of hydrogen-bond acceptors (Lipinski definition) is 0. The van der Waals surface area contributed by atoms with E-state index in [4.69, 9.17) is 0 Å². The van der Waals surface area contributed by atoms with Crippen molar-refractivity contribution in [3.05, 3.63) is 154 Å². The molecule has 1 unspecified atom stereocenters. The van der Waals surface area contributed by atoms with Crippen molar-refractivity contribution in [1.82, 2.24) is 0 Å². The summed E-state index contributed by atoms with van der Waals surface area (Å²) in [7, 11) is 0. The third-order valence-electron chi connectivity index (χ3n) is 7.36. The molecule has 2 aliphatic rings. The van der Waals surface area contributed by atoms with Gasteiger partial charge < -0.3 is 0 Å². The average molecular weight is 600 g/mol. The molecule has 6 rings (SSSR count). The quantitative estimate of drug-likeness (QED) is 0.181. The van der Waals surface area contributed by atoms with E-state index in [0.717, 1.165) is 6.42 Å². The summed E-state index contributed by atoms with van der Waals surface area (Å²) in [5, 5.41) is 0. The van der Waals surface area contributed by atoms with E-state index < -0.39 is 0 Å². The minimum atomic E-state index is 0.302. The van der Waals surface area contributed by atoms with Gasteiger partial charge in [0.2, 0.25) is 0 Å². The molecule has 0 saturated heterocycles. The third kappa shape index (κ3) is 7.86. The van der Waals surface area contributed by atoms with Crippen LogP contribution in [-0.2, 0) is 30.7 Å². The standard InChI is InChI=1S/C15H13.C13H10.C11H17.Zr/c1-10-3-5-14-12(7-10)9-13-8-11(2)4-6-15(13)14;1-3-7-12(8-4-1)11-13-9-5-2-6-10-13;1-5-9-6-7-10(8-9)11(2,3)4;/h3-7H,9H2,1-2H3;1-10H;7-9H,5H2,1-4H3;/q-1;;-1;+2. The molecule has 0 bridgehead atoms. The Kier molecular flexibility index (Phi) is 10.3. The SMILES string of the molecule is CCC1[C-]=CC(C(C)(C)C)=C1.Cc1[c-]c2c(cc1)-c1ccc(C)cc1C2.[Zr+2]=[C](c1ccccc1)c1ccccc1. The maximum atomic E-state index is 3.45. The minimum absolute atomic E-state index is 0.302. The molecule has 40 heavy (non-hydrogen) atoms. The summed E-state index contributed by atoms with van der Waals surface area (Å²) >= 11 is 1.46. The molecule has 0 heterocycles. The van der Waals surface area contributed by atoms with Crippen LogP contribution in [0, 0.1) is 37.3 Å². The van der Waals surface area contributed by atoms with Gasteiger partial charge in [0.25, 0.3) is 0 Å². The summed E-state index contributed by atoms with van der Waals surface area (Å²) in [6.07, 6.45) is 10.1. The molecule has 0 aromatic heterocycles. The van der Waals surface area contributed by atoms with Crippen LogP contribution in [0.25, 0.3) is 11.1 Å². The molecule has 2 aliphatic carbocycles. The zero-order chi connectivity index (χ0) is 28.7. The Labute approximate surface area is 257 Å². The fourth-order valence-electron chi connectivity index (χ4n) is 4.96. The monoisotopic (exact) mass is 598 g/mol. The molecule has 4 aromatic carbocycles. The third-order valence-corrected chi connectivity index (χ3v) is 8.77. The van der Waals surface area contributed by atoms with Crippen LogP contribution in [0.15, 0.2) is 109 Å². The van der Waals surface area contributed by atoms with E-state index in [1.54, 1.807) is 0 Å². The number of aryl methyl sites for hydroxylation is 2. The van der Waals surface area contributed by atoms with Crippen molar-refractivity contribution in [3.63, 3.8) is 0 Å². The number of rotatable bonds is 3. The predicted molar refractivity (Wildman–Crippen MR) is 168 cm³/mol. The Morgan fingerprint density at radius 3 is 1.95 bits per heavy atom. The Morgan fingerprint density at radius 1 is 0.825 bits per heavy atom. The van der Waals surface area contributed by atoms with Crippen molar-refractivity contribution in [2.24, 2.45) is 11.3 Å². The van der Waals surface area contributed by atoms with Crippen LogP contribution < -0.4 is 0 Å². The van der Waals surface area contributed by atoms with Crippen LogP contribution in [0.5, 0.6) is 0 Å². The van der Waals surface area contributed by atoms with Gasteiger partial charge in [0.05, 0.1) is 0 Å². The molecule has 0 saturated carbocycles. The summed E-state index contributed by atoms with van der Waals surface area (Å²) in [6.45, 7) is 13.2. The summed E-state index contributed by atoms with van der Waals surface area (Å²) in [6, 6.07) is 35.6. The number of benzene rings is 4. The molecular formula is C39H40Zr. The normalized spacial score (nSPS) is 14.7. The molecule has 0 nitrogen and oxygen atoms in total. The molecule has 1 atom stereocenters. The second-order valence-electron chi connectivity index (χ2n) is 11.7. The van der Waals surface area contributed by atoms with E-state index in [1.165, 1.54) is 83.9 Å². The van der Waals surface area contributed by atoms with Crippen LogP contribution in [0.4, 0.5) is 0 Å². The number of fused-ring (bicyclic) bond motifs is 3. The van der Waals surface area contributed by atoms with Crippen molar-refractivity contribution in [2.75, 3.05) is 0 Å². The van der Waals surface area contributed by atoms with E-state index in [-0.39, 0.29) is 0 Å². The van der Waals surface area contributed by atoms with Crippen LogP contribution in [0.3, 0.4) is 0 Å². The zero-order valence-electron chi connectivity index (χ0n) is 24.8. The molecule has 1 heteroatoms. The second-order valence-corrected chi connectivity index (χ2v) is 12.9. The van der Waals surface area contributed by atoms with Gasteiger partial charge in [-0.05, 0) is 18.9 Å². The summed E-state index contributed by atoms with van der Waals surface area (Å²) in [4.78, 5) is 0. The van der Waals surface area contributed by atoms with Crippen LogP contribution >= 0.6 is 0 Å². The number of hydrogen-bond donors (Lipinski definition) is 0. The molecule has 0 aliphatic heterocycles. The van der Waals surface area contributed by atoms with E-state index in [9.17, 15) is 0 Å². The molecule has 0 amide bonds. The molecule has 0 N–H and O–H groups in total. The second kappa shape index (κ2) is 13.6. The van der Waals surface area contributed by atoms with Crippen LogP contribution in [0.2, 0.25) is 0 Å². The van der Waals surface area contributed by atoms with Gasteiger partial charge in [-0.15, -0.1) is 11.1 Å². The topological polar surface area (TPSA) is 0 Å². The summed E-state index contributed by atoms with van der Waals surface area (Å²) in [5.41, 5.74) is 12.6. The zero-order valence-corrected chi connectivity index (χ0v) is 27.3. The Bertz CT molecular complexity index is 1410. The first-order valence-electron chi connectivity index (χ1n) is 14.3. The first-order valence-corrected chi connectivity index (χ1v) is 15.5. The van der Waals surface area contributed by atoms with Crippen molar-refractivity contribution in [3.8, 4) is 11.1 Å². The van der Waals surface area contributed by atoms with Gasteiger partial charge in [-0.2, -0.15) is 35.4 Å². The molecule has 0 spiro atoms. The fourth-order valence-corrected chi connectivity index (χ4v) is 5.78. The van der Waals surface area contributed by atoms with Crippen LogP contribution in [-0.4, -0.2) is 3.21 Å². The van der Waals surface area contributed by atoms with Crippen molar-refractivity contribution < 1.29 is 24.2 Å². The average Bonchev–Trinajstić information content (AvgIpc) is 3.59. The maximum absolute atomic E-state index is 3.45. The first kappa shape index (κ1) is 30.1. The Hall–Kier alpha value is -2.89. The van der Waals surface area contributed by atoms with Gasteiger partial charge in [-0.3, -0.25) is 6.08 Å². The fraction of sp³-hybridized carbons (Fsp3) is 0.256. The van der Waals surface area contributed by atoms with Gasteiger partial charge in [0, 0.05) is 0 Å². The van der Waals surface area contributed by atoms with Gasteiger partial charge in [-0.1, -0.05) is 81.7 Å². The molecule has 200 valence electrons. The summed E-state index contributed by atoms with van der Waals surface area (Å²) in [5.74, 6) is 0.573. The Balaban J connectivity index is 0.000000141. The predicted octanol–water partition coefficient (Wildman–Crippen LogP) is 9.84. The van der Waals surface area contributed by atoms with E-state index in [2.05, 4.69) is 157 Å². The molecular weight excluding hydrogens is 560 g/mol. The Morgan fingerprint density at radius 2 is 1.43 bits per heavy atom. The van der Waals surface area contributed by atoms with E-state index in [0.29, 0.717) is 11.3 Å². The van der Waals surface area contributed by atoms with Gasteiger partial charge in [-0.25, -0.2) is 6.08 Å². The van der Waals surface area contributed by atoms with E-state index in [1.807, 2.05) is 0 Å². The summed E-state index contributed by atoms with van der Waals surface area (Å²) < 4.78 is 1.42. The molecule has 0 fully saturated rings. The number of allylic oxidation sites excluding steroid dienone is 4. The van der Waals surface area contributed by atoms with Gasteiger partial charge in [0.15, 0.2) is 0 Å². The van der Waals surface area contributed by atoms with Crippen molar-refractivity contribution in [1.29, 1.82) is 0 Å². The van der Waals surface area contributed by atoms with Crippen LogP contribution in [0.1, 0.15) is 67.5 Å². The van der Waals surface area contributed by atoms with Crippen molar-refractivity contribution >= 4 is 3.21 Å². The van der Waals surface area contributed by atoms with Gasteiger partial charge >= 0.3 is 99.2 Å². The molecule has 0 radical (unpaired) electrons.